The third-order valence-corrected chi connectivity index (χ3v) is 5.69. The molecule has 4 heterocycles. The fourth-order valence-corrected chi connectivity index (χ4v) is 3.78. The van der Waals surface area contributed by atoms with Crippen molar-refractivity contribution in [3.63, 3.8) is 0 Å². The molecule has 4 rings (SSSR count). The van der Waals surface area contributed by atoms with Crippen LogP contribution in [0.3, 0.4) is 0 Å². The molecule has 198 valence electrons. The van der Waals surface area contributed by atoms with Crippen LogP contribution in [0.5, 0.6) is 0 Å². The summed E-state index contributed by atoms with van der Waals surface area (Å²) in [5.74, 6) is -0.931. The Morgan fingerprint density at radius 2 is 1.82 bits per heavy atom. The molecular weight excluding hydrogens is 509 g/mol. The lowest BCUT2D eigenvalue weighted by molar-refractivity contribution is -0.141. The molecule has 0 aliphatic heterocycles. The molecular formula is C23H21F3N8O4. The minimum absolute atomic E-state index is 0.00725. The first kappa shape index (κ1) is 26.4. The highest BCUT2D eigenvalue weighted by Crippen LogP contribution is 2.31. The number of ketones is 1. The van der Waals surface area contributed by atoms with Crippen molar-refractivity contribution in [3.05, 3.63) is 63.1 Å². The average molecular weight is 530 g/mol. The first-order valence-corrected chi connectivity index (χ1v) is 11.2. The zero-order valence-electron chi connectivity index (χ0n) is 20.4. The number of aromatic nitrogens is 7. The van der Waals surface area contributed by atoms with Gasteiger partial charge in [0.05, 0.1) is 31.0 Å². The molecule has 0 spiro atoms. The third-order valence-electron chi connectivity index (χ3n) is 5.69. The second kappa shape index (κ2) is 9.99. The van der Waals surface area contributed by atoms with Gasteiger partial charge in [0.1, 0.15) is 12.2 Å². The summed E-state index contributed by atoms with van der Waals surface area (Å²) in [5, 5.41) is 2.51. The first-order valence-electron chi connectivity index (χ1n) is 11.2. The number of carbonyl (C=O) groups is 2. The van der Waals surface area contributed by atoms with E-state index < -0.39 is 42.1 Å². The number of pyridine rings is 1. The number of hydrogen-bond donors (Lipinski definition) is 1. The Labute approximate surface area is 211 Å². The predicted molar refractivity (Wildman–Crippen MR) is 128 cm³/mol. The van der Waals surface area contributed by atoms with Crippen molar-refractivity contribution in [1.29, 1.82) is 0 Å². The summed E-state index contributed by atoms with van der Waals surface area (Å²) in [4.78, 5) is 65.9. The highest BCUT2D eigenvalue weighted by Gasteiger charge is 2.34. The van der Waals surface area contributed by atoms with E-state index in [4.69, 9.17) is 0 Å². The monoisotopic (exact) mass is 530 g/mol. The molecule has 0 saturated carbocycles. The summed E-state index contributed by atoms with van der Waals surface area (Å²) >= 11 is 0. The van der Waals surface area contributed by atoms with Crippen LogP contribution >= 0.6 is 0 Å². The standard InChI is InChI=1S/C23H21F3N8O4/c1-4-14(35)9-34-21(37)18-20(32(3)22(34)38)29-11-33(18)10-17(36)31-16-8-27-7-15(30-16)13-5-12(2)19(28-6-13)23(24,25)26/h5-8,11H,4,9-10H2,1-3H3,(H,30,31,36). The van der Waals surface area contributed by atoms with E-state index in [-0.39, 0.29) is 46.0 Å². The van der Waals surface area contributed by atoms with Crippen molar-refractivity contribution < 1.29 is 22.8 Å². The van der Waals surface area contributed by atoms with E-state index in [9.17, 15) is 32.3 Å². The van der Waals surface area contributed by atoms with Crippen molar-refractivity contribution in [3.8, 4) is 11.3 Å². The Kier molecular flexibility index (Phi) is 6.93. The van der Waals surface area contributed by atoms with Gasteiger partial charge in [-0.15, -0.1) is 0 Å². The van der Waals surface area contributed by atoms with Gasteiger partial charge in [-0.1, -0.05) is 6.92 Å². The lowest BCUT2D eigenvalue weighted by Gasteiger charge is -2.11. The molecule has 12 nitrogen and oxygen atoms in total. The number of nitrogens with zero attached hydrogens (tertiary/aromatic N) is 7. The zero-order valence-corrected chi connectivity index (χ0v) is 20.4. The van der Waals surface area contributed by atoms with Gasteiger partial charge < -0.3 is 9.88 Å². The summed E-state index contributed by atoms with van der Waals surface area (Å²) in [6.45, 7) is 2.09. The molecule has 0 radical (unpaired) electrons. The molecule has 0 aromatic carbocycles. The Morgan fingerprint density at radius 1 is 1.08 bits per heavy atom. The Bertz CT molecular complexity index is 1690. The smallest absolute Gasteiger partial charge is 0.315 e. The molecule has 1 amide bonds. The average Bonchev–Trinajstić information content (AvgIpc) is 3.28. The molecule has 0 atom stereocenters. The van der Waals surface area contributed by atoms with Crippen LogP contribution in [0.2, 0.25) is 0 Å². The number of hydrogen-bond acceptors (Lipinski definition) is 8. The summed E-state index contributed by atoms with van der Waals surface area (Å²) < 4.78 is 42.2. The van der Waals surface area contributed by atoms with Gasteiger partial charge >= 0.3 is 11.9 Å². The topological polar surface area (TPSA) is 147 Å². The summed E-state index contributed by atoms with van der Waals surface area (Å²) in [6, 6.07) is 1.27. The minimum atomic E-state index is -4.59. The van der Waals surface area contributed by atoms with E-state index in [0.717, 1.165) is 15.3 Å². The maximum absolute atomic E-state index is 13.0. The summed E-state index contributed by atoms with van der Waals surface area (Å²) in [5.41, 5.74) is -2.14. The lowest BCUT2D eigenvalue weighted by Crippen LogP contribution is -2.41. The van der Waals surface area contributed by atoms with Gasteiger partial charge in [-0.3, -0.25) is 33.5 Å². The fourth-order valence-electron chi connectivity index (χ4n) is 3.78. The van der Waals surface area contributed by atoms with Gasteiger partial charge in [0.2, 0.25) is 5.91 Å². The van der Waals surface area contributed by atoms with Crippen molar-refractivity contribution in [2.24, 2.45) is 7.05 Å². The van der Waals surface area contributed by atoms with Gasteiger partial charge in [0.25, 0.3) is 5.56 Å². The number of aryl methyl sites for hydroxylation is 2. The van der Waals surface area contributed by atoms with Crippen molar-refractivity contribution >= 4 is 28.7 Å². The minimum Gasteiger partial charge on any atom is -0.315 e. The molecule has 0 fully saturated rings. The number of imidazole rings is 1. The maximum Gasteiger partial charge on any atom is 0.433 e. The number of anilines is 1. The van der Waals surface area contributed by atoms with Crippen LogP contribution in [0.4, 0.5) is 19.0 Å². The maximum atomic E-state index is 13.0. The molecule has 4 aromatic rings. The van der Waals surface area contributed by atoms with Crippen LogP contribution < -0.4 is 16.6 Å². The van der Waals surface area contributed by atoms with Crippen LogP contribution in [-0.2, 0) is 35.9 Å². The van der Waals surface area contributed by atoms with Crippen LogP contribution in [0.25, 0.3) is 22.4 Å². The van der Waals surface area contributed by atoms with Gasteiger partial charge in [-0.05, 0) is 18.6 Å². The van der Waals surface area contributed by atoms with Crippen molar-refractivity contribution in [1.82, 2.24) is 33.6 Å². The molecule has 0 saturated heterocycles. The van der Waals surface area contributed by atoms with Gasteiger partial charge in [0.15, 0.2) is 22.8 Å². The van der Waals surface area contributed by atoms with Crippen molar-refractivity contribution in [2.75, 3.05) is 5.32 Å². The van der Waals surface area contributed by atoms with Gasteiger partial charge in [-0.2, -0.15) is 13.2 Å². The Morgan fingerprint density at radius 3 is 2.47 bits per heavy atom. The van der Waals surface area contributed by atoms with E-state index in [0.29, 0.717) is 0 Å². The summed E-state index contributed by atoms with van der Waals surface area (Å²) in [7, 11) is 1.40. The largest absolute Gasteiger partial charge is 0.433 e. The highest BCUT2D eigenvalue weighted by atomic mass is 19.4. The number of carbonyl (C=O) groups excluding carboxylic acids is 2. The predicted octanol–water partition coefficient (Wildman–Crippen LogP) is 1.69. The van der Waals surface area contributed by atoms with Crippen LogP contribution in [0.1, 0.15) is 24.6 Å². The lowest BCUT2D eigenvalue weighted by atomic mass is 10.1. The molecule has 0 unspecified atom stereocenters. The van der Waals surface area contributed by atoms with E-state index in [1.54, 1.807) is 6.92 Å². The molecule has 0 aliphatic rings. The molecule has 0 bridgehead atoms. The second-order valence-corrected chi connectivity index (χ2v) is 8.39. The number of nitrogens with one attached hydrogen (secondary N) is 1. The molecule has 15 heteroatoms. The molecule has 4 aromatic heterocycles. The fraction of sp³-hybridized carbons (Fsp3) is 0.304. The number of amides is 1. The van der Waals surface area contributed by atoms with Crippen molar-refractivity contribution in [2.45, 2.75) is 39.5 Å². The van der Waals surface area contributed by atoms with Crippen LogP contribution in [0, 0.1) is 6.92 Å². The molecule has 38 heavy (non-hydrogen) atoms. The van der Waals surface area contributed by atoms with Crippen LogP contribution in [0.15, 0.2) is 40.6 Å². The first-order chi connectivity index (χ1) is 17.9. The highest BCUT2D eigenvalue weighted by molar-refractivity contribution is 5.90. The van der Waals surface area contributed by atoms with E-state index >= 15 is 0 Å². The Hall–Kier alpha value is -4.69. The normalized spacial score (nSPS) is 11.6. The second-order valence-electron chi connectivity index (χ2n) is 8.39. The van der Waals surface area contributed by atoms with Gasteiger partial charge in [0, 0.05) is 25.2 Å². The zero-order chi connectivity index (χ0) is 27.8. The number of fused-ring (bicyclic) bond motifs is 1. The third kappa shape index (κ3) is 5.07. The molecule has 0 aliphatic carbocycles. The quantitative estimate of drug-likeness (QED) is 0.380. The van der Waals surface area contributed by atoms with Gasteiger partial charge in [-0.25, -0.2) is 14.8 Å². The number of halogens is 3. The SMILES string of the molecule is CCC(=O)Cn1c(=O)c2c(ncn2CC(=O)Nc2cncc(-c3cnc(C(F)(F)F)c(C)c3)n2)n(C)c1=O. The molecule has 1 N–H and O–H groups in total. The van der Waals surface area contributed by atoms with E-state index in [1.807, 2.05) is 0 Å². The summed E-state index contributed by atoms with van der Waals surface area (Å²) in [6.07, 6.45) is 0.325. The number of rotatable bonds is 7. The van der Waals surface area contributed by atoms with E-state index in [2.05, 4.69) is 25.3 Å². The Balaban J connectivity index is 1.59. The van der Waals surface area contributed by atoms with E-state index in [1.165, 1.54) is 43.3 Å². The van der Waals surface area contributed by atoms with Crippen LogP contribution in [-0.4, -0.2) is 45.3 Å². The number of alkyl halides is 3. The number of Topliss-reactive ketones (excluding diaryl/α,β-unsaturated/α-hetero) is 1.